The average Bonchev–Trinajstić information content (AvgIpc) is 3.46. The number of pyridine rings is 1. The fraction of sp³-hybridized carbons (Fsp3) is 0.571. The molecule has 0 radical (unpaired) electrons. The van der Waals surface area contributed by atoms with E-state index in [9.17, 15) is 14.4 Å². The number of benzene rings is 1. The van der Waals surface area contributed by atoms with Crippen LogP contribution in [-0.4, -0.2) is 70.6 Å². The van der Waals surface area contributed by atoms with E-state index in [1.165, 1.54) is 11.3 Å². The Hall–Kier alpha value is -3.93. The molecule has 0 bridgehead atoms. The summed E-state index contributed by atoms with van der Waals surface area (Å²) in [6.07, 6.45) is 7.23. The molecule has 2 fully saturated rings. The van der Waals surface area contributed by atoms with Crippen LogP contribution in [0.5, 0.6) is 11.5 Å². The number of carboxylic acids is 1. The Kier molecular flexibility index (Phi) is 11.2. The summed E-state index contributed by atoms with van der Waals surface area (Å²) in [5.41, 5.74) is 7.89. The molecule has 1 aromatic carbocycles. The summed E-state index contributed by atoms with van der Waals surface area (Å²) in [4.78, 5) is 48.4. The monoisotopic (exact) mass is 665 g/mol. The number of carboxylic acid groups (broad SMARTS) is 1. The summed E-state index contributed by atoms with van der Waals surface area (Å²) in [5, 5.41) is 15.9. The zero-order valence-electron chi connectivity index (χ0n) is 27.7. The molecule has 4 N–H and O–H groups in total. The molecule has 254 valence electrons. The normalized spacial score (nSPS) is 21.9. The molecular formula is C35H47N5O6S. The van der Waals surface area contributed by atoms with Crippen LogP contribution in [0.15, 0.2) is 29.6 Å². The van der Waals surface area contributed by atoms with Gasteiger partial charge in [0.25, 0.3) is 0 Å². The molecule has 0 unspecified atom stereocenters. The quantitative estimate of drug-likeness (QED) is 0.148. The van der Waals surface area contributed by atoms with Crippen molar-refractivity contribution in [1.82, 2.24) is 14.9 Å². The number of aliphatic carboxylic acids is 1. The van der Waals surface area contributed by atoms with Gasteiger partial charge in [-0.2, -0.15) is 0 Å². The van der Waals surface area contributed by atoms with E-state index < -0.39 is 23.7 Å². The smallest absolute Gasteiger partial charge is 0.306 e. The van der Waals surface area contributed by atoms with Crippen molar-refractivity contribution in [2.45, 2.75) is 83.8 Å². The third-order valence-corrected chi connectivity index (χ3v) is 10.1. The largest absolute Gasteiger partial charge is 0.497 e. The highest BCUT2D eigenvalue weighted by atomic mass is 32.1. The third kappa shape index (κ3) is 8.71. The molecule has 47 heavy (non-hydrogen) atoms. The van der Waals surface area contributed by atoms with E-state index in [0.717, 1.165) is 61.2 Å². The van der Waals surface area contributed by atoms with Gasteiger partial charge in [0.05, 0.1) is 36.1 Å². The number of hydrogen-bond donors (Lipinski definition) is 3. The van der Waals surface area contributed by atoms with Gasteiger partial charge in [-0.25, -0.2) is 9.97 Å². The predicted molar refractivity (Wildman–Crippen MR) is 183 cm³/mol. The molecule has 0 aliphatic heterocycles. The lowest BCUT2D eigenvalue weighted by atomic mass is 9.94. The van der Waals surface area contributed by atoms with Gasteiger partial charge in [-0.3, -0.25) is 14.4 Å². The van der Waals surface area contributed by atoms with E-state index >= 15 is 0 Å². The summed E-state index contributed by atoms with van der Waals surface area (Å²) in [5.74, 6) is -0.876. The van der Waals surface area contributed by atoms with Crippen LogP contribution in [0.4, 0.5) is 5.13 Å². The number of rotatable bonds is 17. The van der Waals surface area contributed by atoms with Gasteiger partial charge < -0.3 is 30.5 Å². The highest BCUT2D eigenvalue weighted by Gasteiger charge is 2.44. The highest BCUT2D eigenvalue weighted by molar-refractivity contribution is 7.14. The molecule has 3 aromatic rings. The maximum absolute atomic E-state index is 13.6. The number of carbonyl (C=O) groups excluding carboxylic acids is 2. The highest BCUT2D eigenvalue weighted by Crippen LogP contribution is 2.43. The number of carbonyl (C=O) groups is 3. The molecule has 0 spiro atoms. The lowest BCUT2D eigenvalue weighted by Gasteiger charge is -2.23. The number of ether oxygens (including phenoxy) is 2. The van der Waals surface area contributed by atoms with Crippen molar-refractivity contribution in [3.8, 4) is 22.9 Å². The number of hydrogen-bond acceptors (Lipinski definition) is 9. The van der Waals surface area contributed by atoms with Crippen LogP contribution in [0.3, 0.4) is 0 Å². The van der Waals surface area contributed by atoms with Crippen LogP contribution in [0, 0.1) is 23.7 Å². The van der Waals surface area contributed by atoms with Crippen molar-refractivity contribution in [2.24, 2.45) is 29.4 Å². The fourth-order valence-electron chi connectivity index (χ4n) is 6.64. The fourth-order valence-corrected chi connectivity index (χ4v) is 7.49. The van der Waals surface area contributed by atoms with Gasteiger partial charge in [-0.15, -0.1) is 11.3 Å². The Morgan fingerprint density at radius 2 is 1.77 bits per heavy atom. The standard InChI is InChI=1S/C35H47N5O6S/c1-20(2)37-35-39-30(19-47-35)29-18-31(24-12-11-22(45-4)17-28(24)38-29)46-23-15-26(32(36)41)27(16-23)33(42)40(3)13-9-7-5-6-8-10-21-14-25(21)34(43)44/h11-12,17-21,23,25-27H,5-10,13-16H2,1-4H3,(H2,36,41)(H,37,39)(H,43,44)/t21-,23-,25+,26-,27-/m1/s1. The first-order chi connectivity index (χ1) is 22.5. The van der Waals surface area contributed by atoms with Gasteiger partial charge in [-0.05, 0) is 64.0 Å². The molecule has 2 heterocycles. The zero-order valence-corrected chi connectivity index (χ0v) is 28.6. The first-order valence-electron chi connectivity index (χ1n) is 16.7. The number of aromatic nitrogens is 2. The van der Waals surface area contributed by atoms with Gasteiger partial charge in [0, 0.05) is 42.5 Å². The minimum absolute atomic E-state index is 0.0778. The molecule has 2 aliphatic carbocycles. The second kappa shape index (κ2) is 15.3. The van der Waals surface area contributed by atoms with Gasteiger partial charge in [-0.1, -0.05) is 25.7 Å². The van der Waals surface area contributed by atoms with Crippen molar-refractivity contribution in [1.29, 1.82) is 0 Å². The maximum atomic E-state index is 13.6. The summed E-state index contributed by atoms with van der Waals surface area (Å²) in [6, 6.07) is 7.74. The van der Waals surface area contributed by atoms with E-state index in [1.54, 1.807) is 19.1 Å². The number of methoxy groups -OCH3 is 1. The van der Waals surface area contributed by atoms with Crippen molar-refractivity contribution in [2.75, 3.05) is 26.0 Å². The second-order valence-corrected chi connectivity index (χ2v) is 14.2. The third-order valence-electron chi connectivity index (χ3n) is 9.34. The molecule has 2 saturated carbocycles. The van der Waals surface area contributed by atoms with Crippen molar-refractivity contribution in [3.05, 3.63) is 29.6 Å². The number of thiazole rings is 1. The molecule has 5 atom stereocenters. The number of amides is 2. The molecule has 2 aromatic heterocycles. The van der Waals surface area contributed by atoms with Crippen LogP contribution in [0.25, 0.3) is 22.3 Å². The van der Waals surface area contributed by atoms with Crippen molar-refractivity contribution >= 4 is 45.2 Å². The molecule has 2 aliphatic rings. The zero-order chi connectivity index (χ0) is 33.7. The SMILES string of the molecule is COc1ccc2c(O[C@@H]3C[C@@H](C(N)=O)[C@H](C(=O)N(C)CCCCCCC[C@@H]4C[C@@H]4C(=O)O)C3)cc(-c3csc(NC(C)C)n3)nc2c1. The molecule has 0 saturated heterocycles. The summed E-state index contributed by atoms with van der Waals surface area (Å²) in [6.45, 7) is 4.73. The Bertz CT molecular complexity index is 1580. The van der Waals surface area contributed by atoms with Crippen LogP contribution < -0.4 is 20.5 Å². The topological polar surface area (TPSA) is 157 Å². The number of fused-ring (bicyclic) bond motifs is 1. The van der Waals surface area contributed by atoms with E-state index in [1.807, 2.05) is 29.6 Å². The molecule has 5 rings (SSSR count). The maximum Gasteiger partial charge on any atom is 0.306 e. The van der Waals surface area contributed by atoms with Crippen LogP contribution in [-0.2, 0) is 14.4 Å². The van der Waals surface area contributed by atoms with Gasteiger partial charge in [0.15, 0.2) is 5.13 Å². The summed E-state index contributed by atoms with van der Waals surface area (Å²) in [7, 11) is 3.40. The van der Waals surface area contributed by atoms with Crippen LogP contribution in [0.1, 0.15) is 71.6 Å². The van der Waals surface area contributed by atoms with E-state index in [-0.39, 0.29) is 24.0 Å². The first kappa shape index (κ1) is 34.4. The number of primary amides is 1. The van der Waals surface area contributed by atoms with Crippen molar-refractivity contribution < 1.29 is 29.0 Å². The lowest BCUT2D eigenvalue weighted by Crippen LogP contribution is -2.39. The number of unbranched alkanes of at least 4 members (excludes halogenated alkanes) is 4. The Morgan fingerprint density at radius 1 is 1.02 bits per heavy atom. The van der Waals surface area contributed by atoms with Crippen LogP contribution in [0.2, 0.25) is 0 Å². The van der Waals surface area contributed by atoms with E-state index in [4.69, 9.17) is 30.3 Å². The second-order valence-electron chi connectivity index (χ2n) is 13.3. The number of nitrogens with two attached hydrogens (primary N) is 1. The molecular weight excluding hydrogens is 618 g/mol. The summed E-state index contributed by atoms with van der Waals surface area (Å²) < 4.78 is 12.0. The van der Waals surface area contributed by atoms with Gasteiger partial charge in [0.2, 0.25) is 11.8 Å². The predicted octanol–water partition coefficient (Wildman–Crippen LogP) is 5.97. The Balaban J connectivity index is 1.21. The van der Waals surface area contributed by atoms with Crippen molar-refractivity contribution in [3.63, 3.8) is 0 Å². The minimum Gasteiger partial charge on any atom is -0.497 e. The molecule has 12 heteroatoms. The lowest BCUT2D eigenvalue weighted by molar-refractivity contribution is -0.139. The van der Waals surface area contributed by atoms with Gasteiger partial charge >= 0.3 is 5.97 Å². The molecule has 2 amide bonds. The van der Waals surface area contributed by atoms with Crippen LogP contribution >= 0.6 is 11.3 Å². The van der Waals surface area contributed by atoms with E-state index in [0.29, 0.717) is 48.0 Å². The number of anilines is 1. The summed E-state index contributed by atoms with van der Waals surface area (Å²) >= 11 is 1.51. The molecule has 11 nitrogen and oxygen atoms in total. The minimum atomic E-state index is -0.664. The Labute approximate surface area is 280 Å². The van der Waals surface area contributed by atoms with E-state index in [2.05, 4.69) is 19.2 Å². The van der Waals surface area contributed by atoms with Gasteiger partial charge in [0.1, 0.15) is 23.3 Å². The number of nitrogens with zero attached hydrogens (tertiary/aromatic N) is 3. The number of nitrogens with one attached hydrogen (secondary N) is 1. The first-order valence-corrected chi connectivity index (χ1v) is 17.6. The average molecular weight is 666 g/mol. The Morgan fingerprint density at radius 3 is 2.47 bits per heavy atom.